The standard InChI is InChI=1S/C11H10BrClN2O/c1-15-5-4-9(14-15)7-16-11-6-8(12)2-3-10(11)13/h2-6H,7H2,1H3. The van der Waals surface area contributed by atoms with Gasteiger partial charge in [0.25, 0.3) is 0 Å². The number of ether oxygens (including phenoxy) is 1. The predicted octanol–water partition coefficient (Wildman–Crippen LogP) is 3.42. The van der Waals surface area contributed by atoms with E-state index in [-0.39, 0.29) is 0 Å². The van der Waals surface area contributed by atoms with Gasteiger partial charge in [-0.25, -0.2) is 0 Å². The summed E-state index contributed by atoms with van der Waals surface area (Å²) in [4.78, 5) is 0. The summed E-state index contributed by atoms with van der Waals surface area (Å²) in [6.07, 6.45) is 1.88. The minimum atomic E-state index is 0.414. The molecule has 0 N–H and O–H groups in total. The molecule has 0 spiro atoms. The first-order valence-electron chi connectivity index (χ1n) is 4.71. The molecule has 0 unspecified atom stereocenters. The van der Waals surface area contributed by atoms with Crippen LogP contribution in [0.2, 0.25) is 5.02 Å². The Hall–Kier alpha value is -1.00. The number of rotatable bonds is 3. The highest BCUT2D eigenvalue weighted by Gasteiger charge is 2.04. The van der Waals surface area contributed by atoms with Crippen molar-refractivity contribution in [1.82, 2.24) is 9.78 Å². The molecule has 0 saturated heterocycles. The van der Waals surface area contributed by atoms with E-state index in [1.54, 1.807) is 10.7 Å². The second kappa shape index (κ2) is 4.89. The lowest BCUT2D eigenvalue weighted by Crippen LogP contribution is -1.98. The summed E-state index contributed by atoms with van der Waals surface area (Å²) in [5.74, 6) is 0.654. The van der Waals surface area contributed by atoms with E-state index >= 15 is 0 Å². The molecule has 0 fully saturated rings. The van der Waals surface area contributed by atoms with E-state index in [1.165, 1.54) is 0 Å². The van der Waals surface area contributed by atoms with E-state index < -0.39 is 0 Å². The van der Waals surface area contributed by atoms with Crippen LogP contribution in [0.5, 0.6) is 5.75 Å². The van der Waals surface area contributed by atoms with Crippen molar-refractivity contribution in [2.75, 3.05) is 0 Å². The van der Waals surface area contributed by atoms with Crippen LogP contribution in [-0.4, -0.2) is 9.78 Å². The second-order valence-corrected chi connectivity index (χ2v) is 4.67. The zero-order valence-electron chi connectivity index (χ0n) is 8.65. The van der Waals surface area contributed by atoms with Crippen LogP contribution in [0.4, 0.5) is 0 Å². The van der Waals surface area contributed by atoms with E-state index in [2.05, 4.69) is 21.0 Å². The van der Waals surface area contributed by atoms with Crippen molar-refractivity contribution >= 4 is 27.5 Å². The Labute approximate surface area is 107 Å². The van der Waals surface area contributed by atoms with E-state index in [4.69, 9.17) is 16.3 Å². The van der Waals surface area contributed by atoms with E-state index in [9.17, 15) is 0 Å². The molecular weight excluding hydrogens is 291 g/mol. The zero-order valence-corrected chi connectivity index (χ0v) is 11.0. The SMILES string of the molecule is Cn1ccc(COc2cc(Br)ccc2Cl)n1. The fourth-order valence-electron chi connectivity index (χ4n) is 1.28. The maximum absolute atomic E-state index is 6.00. The molecule has 2 aromatic rings. The van der Waals surface area contributed by atoms with Crippen molar-refractivity contribution in [3.63, 3.8) is 0 Å². The van der Waals surface area contributed by atoms with Gasteiger partial charge in [-0.15, -0.1) is 0 Å². The van der Waals surface area contributed by atoms with Gasteiger partial charge >= 0.3 is 0 Å². The van der Waals surface area contributed by atoms with Gasteiger partial charge in [-0.2, -0.15) is 5.10 Å². The number of aryl methyl sites for hydroxylation is 1. The third kappa shape index (κ3) is 2.77. The highest BCUT2D eigenvalue weighted by atomic mass is 79.9. The first kappa shape index (κ1) is 11.5. The number of benzene rings is 1. The number of hydrogen-bond acceptors (Lipinski definition) is 2. The summed E-state index contributed by atoms with van der Waals surface area (Å²) >= 11 is 9.36. The molecule has 5 heteroatoms. The van der Waals surface area contributed by atoms with Gasteiger partial charge in [-0.05, 0) is 24.3 Å². The highest BCUT2D eigenvalue weighted by molar-refractivity contribution is 9.10. The van der Waals surface area contributed by atoms with Gasteiger partial charge in [0.1, 0.15) is 12.4 Å². The molecule has 1 aromatic carbocycles. The van der Waals surface area contributed by atoms with Gasteiger partial charge in [0.05, 0.1) is 10.7 Å². The number of nitrogens with zero attached hydrogens (tertiary/aromatic N) is 2. The fourth-order valence-corrected chi connectivity index (χ4v) is 1.79. The quantitative estimate of drug-likeness (QED) is 0.868. The normalized spacial score (nSPS) is 10.4. The van der Waals surface area contributed by atoms with Crippen LogP contribution in [0.3, 0.4) is 0 Å². The maximum Gasteiger partial charge on any atom is 0.139 e. The van der Waals surface area contributed by atoms with Crippen molar-refractivity contribution in [3.8, 4) is 5.75 Å². The summed E-state index contributed by atoms with van der Waals surface area (Å²) in [7, 11) is 1.87. The zero-order chi connectivity index (χ0) is 11.5. The van der Waals surface area contributed by atoms with Crippen molar-refractivity contribution in [2.45, 2.75) is 6.61 Å². The summed E-state index contributed by atoms with van der Waals surface area (Å²) in [5.41, 5.74) is 0.874. The molecule has 1 aromatic heterocycles. The lowest BCUT2D eigenvalue weighted by atomic mass is 10.3. The number of halogens is 2. The van der Waals surface area contributed by atoms with Crippen molar-refractivity contribution < 1.29 is 4.74 Å². The molecule has 1 heterocycles. The minimum Gasteiger partial charge on any atom is -0.486 e. The molecule has 0 aliphatic rings. The molecular formula is C11H10BrClN2O. The highest BCUT2D eigenvalue weighted by Crippen LogP contribution is 2.28. The molecule has 0 bridgehead atoms. The van der Waals surface area contributed by atoms with Crippen molar-refractivity contribution in [3.05, 3.63) is 45.7 Å². The molecule has 3 nitrogen and oxygen atoms in total. The third-order valence-corrected chi connectivity index (χ3v) is 2.84. The summed E-state index contributed by atoms with van der Waals surface area (Å²) in [6, 6.07) is 7.41. The Balaban J connectivity index is 2.07. The summed E-state index contributed by atoms with van der Waals surface area (Å²) in [5, 5.41) is 4.81. The molecule has 84 valence electrons. The molecule has 0 aliphatic carbocycles. The van der Waals surface area contributed by atoms with Crippen LogP contribution in [-0.2, 0) is 13.7 Å². The Morgan fingerprint density at radius 1 is 1.44 bits per heavy atom. The Morgan fingerprint density at radius 2 is 2.25 bits per heavy atom. The van der Waals surface area contributed by atoms with Crippen LogP contribution < -0.4 is 4.74 Å². The van der Waals surface area contributed by atoms with E-state index in [0.29, 0.717) is 17.4 Å². The molecule has 16 heavy (non-hydrogen) atoms. The fraction of sp³-hybridized carbons (Fsp3) is 0.182. The Morgan fingerprint density at radius 3 is 2.94 bits per heavy atom. The Bertz CT molecular complexity index is 498. The maximum atomic E-state index is 6.00. The average Bonchev–Trinajstić information content (AvgIpc) is 2.66. The molecule has 0 aliphatic heterocycles. The van der Waals surface area contributed by atoms with Gasteiger partial charge in [0, 0.05) is 17.7 Å². The first-order valence-corrected chi connectivity index (χ1v) is 5.88. The largest absolute Gasteiger partial charge is 0.486 e. The van der Waals surface area contributed by atoms with Gasteiger partial charge in [0.2, 0.25) is 0 Å². The lowest BCUT2D eigenvalue weighted by molar-refractivity contribution is 0.300. The first-order chi connectivity index (χ1) is 7.65. The molecule has 0 atom stereocenters. The van der Waals surface area contributed by atoms with Gasteiger partial charge in [0.15, 0.2) is 0 Å². The molecule has 2 rings (SSSR count). The summed E-state index contributed by atoms with van der Waals surface area (Å²) < 4.78 is 8.25. The average molecular weight is 302 g/mol. The lowest BCUT2D eigenvalue weighted by Gasteiger charge is -2.06. The predicted molar refractivity (Wildman–Crippen MR) is 66.7 cm³/mol. The smallest absolute Gasteiger partial charge is 0.139 e. The number of aromatic nitrogens is 2. The number of hydrogen-bond donors (Lipinski definition) is 0. The van der Waals surface area contributed by atoms with Crippen LogP contribution in [0.15, 0.2) is 34.9 Å². The Kier molecular flexibility index (Phi) is 3.51. The van der Waals surface area contributed by atoms with Crippen LogP contribution in [0.1, 0.15) is 5.69 Å². The molecule has 0 saturated carbocycles. The van der Waals surface area contributed by atoms with Gasteiger partial charge in [-0.1, -0.05) is 27.5 Å². The van der Waals surface area contributed by atoms with E-state index in [1.807, 2.05) is 31.4 Å². The topological polar surface area (TPSA) is 27.1 Å². The third-order valence-electron chi connectivity index (χ3n) is 2.04. The van der Waals surface area contributed by atoms with Crippen LogP contribution in [0, 0.1) is 0 Å². The van der Waals surface area contributed by atoms with Crippen molar-refractivity contribution in [1.29, 1.82) is 0 Å². The minimum absolute atomic E-state index is 0.414. The second-order valence-electron chi connectivity index (χ2n) is 3.34. The van der Waals surface area contributed by atoms with Gasteiger partial charge in [-0.3, -0.25) is 4.68 Å². The van der Waals surface area contributed by atoms with Crippen LogP contribution in [0.25, 0.3) is 0 Å². The van der Waals surface area contributed by atoms with Crippen molar-refractivity contribution in [2.24, 2.45) is 7.05 Å². The molecule has 0 radical (unpaired) electrons. The monoisotopic (exact) mass is 300 g/mol. The van der Waals surface area contributed by atoms with Crippen LogP contribution >= 0.6 is 27.5 Å². The summed E-state index contributed by atoms with van der Waals surface area (Å²) in [6.45, 7) is 0.414. The van der Waals surface area contributed by atoms with E-state index in [0.717, 1.165) is 10.2 Å². The van der Waals surface area contributed by atoms with Gasteiger partial charge < -0.3 is 4.74 Å². The molecule has 0 amide bonds.